The van der Waals surface area contributed by atoms with Crippen LogP contribution in [0, 0.1) is 11.8 Å². The monoisotopic (exact) mass is 525 g/mol. The molecule has 1 heterocycles. The average Bonchev–Trinajstić information content (AvgIpc) is 2.94. The maximum Gasteiger partial charge on any atom is 0.312 e. The summed E-state index contributed by atoms with van der Waals surface area (Å²) >= 11 is 0. The van der Waals surface area contributed by atoms with Crippen LogP contribution in [0.2, 0.25) is 18.1 Å². The first-order valence-electron chi connectivity index (χ1n) is 13.8. The van der Waals surface area contributed by atoms with Gasteiger partial charge in [0, 0.05) is 17.0 Å². The van der Waals surface area contributed by atoms with Gasteiger partial charge in [0.15, 0.2) is 8.32 Å². The van der Waals surface area contributed by atoms with E-state index in [9.17, 15) is 9.90 Å². The first-order valence-corrected chi connectivity index (χ1v) is 16.7. The smallest absolute Gasteiger partial charge is 0.312 e. The van der Waals surface area contributed by atoms with Gasteiger partial charge in [-0.2, -0.15) is 5.06 Å². The summed E-state index contributed by atoms with van der Waals surface area (Å²) in [4.78, 5) is 19.7. The van der Waals surface area contributed by atoms with Crippen molar-refractivity contribution in [3.05, 3.63) is 12.2 Å². The van der Waals surface area contributed by atoms with Crippen molar-refractivity contribution in [2.75, 3.05) is 0 Å². The number of aliphatic hydroxyl groups is 1. The number of piperidine rings is 1. The van der Waals surface area contributed by atoms with E-state index < -0.39 is 25.9 Å². The van der Waals surface area contributed by atoms with Crippen molar-refractivity contribution in [3.63, 3.8) is 0 Å². The molecule has 210 valence electrons. The van der Waals surface area contributed by atoms with E-state index in [2.05, 4.69) is 66.6 Å². The van der Waals surface area contributed by atoms with Gasteiger partial charge in [-0.1, -0.05) is 32.9 Å². The molecule has 5 atom stereocenters. The second kappa shape index (κ2) is 10.8. The molecule has 0 unspecified atom stereocenters. The van der Waals surface area contributed by atoms with Crippen LogP contribution in [0.4, 0.5) is 0 Å². The number of ether oxygens (including phenoxy) is 1. The minimum absolute atomic E-state index is 0.0258. The van der Waals surface area contributed by atoms with Gasteiger partial charge in [0.2, 0.25) is 0 Å². The highest BCUT2D eigenvalue weighted by atomic mass is 28.4. The summed E-state index contributed by atoms with van der Waals surface area (Å²) in [5.74, 6) is -1.31. The van der Waals surface area contributed by atoms with Crippen LogP contribution in [0.15, 0.2) is 12.2 Å². The van der Waals surface area contributed by atoms with E-state index in [-0.39, 0.29) is 40.2 Å². The van der Waals surface area contributed by atoms with Crippen LogP contribution in [0.3, 0.4) is 0 Å². The number of hydroxylamine groups is 2. The summed E-state index contributed by atoms with van der Waals surface area (Å²) in [5, 5.41) is 13.2. The van der Waals surface area contributed by atoms with Crippen LogP contribution in [0.5, 0.6) is 0 Å². The predicted octanol–water partition coefficient (Wildman–Crippen LogP) is 6.63. The molecule has 6 nitrogen and oxygen atoms in total. The summed E-state index contributed by atoms with van der Waals surface area (Å²) in [6.07, 6.45) is 6.62. The summed E-state index contributed by atoms with van der Waals surface area (Å²) in [6.45, 7) is 27.6. The number of aliphatic hydroxyl groups excluding tert-OH is 1. The molecule has 0 bridgehead atoms. The quantitative estimate of drug-likeness (QED) is 0.228. The zero-order valence-electron chi connectivity index (χ0n) is 25.4. The Morgan fingerprint density at radius 2 is 1.58 bits per heavy atom. The molecule has 0 spiro atoms. The third kappa shape index (κ3) is 7.65. The van der Waals surface area contributed by atoms with Gasteiger partial charge in [-0.25, -0.2) is 0 Å². The van der Waals surface area contributed by atoms with Crippen LogP contribution < -0.4 is 0 Å². The fraction of sp³-hybridized carbons (Fsp3) is 0.897. The number of nitrogens with zero attached hydrogens (tertiary/aromatic N) is 1. The number of carbonyl (C=O) groups excluding carboxylic acids is 1. The maximum absolute atomic E-state index is 13.2. The SMILES string of the molecule is C[C@@H](/C=C/[C@@H]1[C@@H](C(=O)OC(C)(C)C)[C@@H](O)C[C@H]1O[Si](C)(C)C(C)(C)C)ON1C(C)(C)CCCC1(C)C. The molecule has 7 heteroatoms. The first-order chi connectivity index (χ1) is 16.1. The predicted molar refractivity (Wildman–Crippen MR) is 149 cm³/mol. The van der Waals surface area contributed by atoms with Crippen LogP contribution in [0.1, 0.15) is 102 Å². The minimum Gasteiger partial charge on any atom is -0.460 e. The van der Waals surface area contributed by atoms with Crippen molar-refractivity contribution < 1.29 is 23.9 Å². The Hall–Kier alpha value is -0.733. The number of rotatable bonds is 7. The van der Waals surface area contributed by atoms with Crippen molar-refractivity contribution >= 4 is 14.3 Å². The van der Waals surface area contributed by atoms with Gasteiger partial charge in [-0.15, -0.1) is 0 Å². The Bertz CT molecular complexity index is 776. The molecule has 2 rings (SSSR count). The standard InChI is InChI=1S/C29H55NO5Si/c1-20(34-30-28(8,9)17-14-18-29(30,10)11)15-16-21-23(35-36(12,13)27(5,6)7)19-22(31)24(21)25(32)33-26(2,3)4/h15-16,20-24,31H,14,17-19H2,1-13H3/b16-15+/t20-,21-,22-,23+,24+/m0/s1. The van der Waals surface area contributed by atoms with Gasteiger partial charge in [-0.3, -0.25) is 9.63 Å². The van der Waals surface area contributed by atoms with Crippen molar-refractivity contribution in [1.29, 1.82) is 0 Å². The lowest BCUT2D eigenvalue weighted by Gasteiger charge is -2.52. The summed E-state index contributed by atoms with van der Waals surface area (Å²) in [6, 6.07) is 0. The largest absolute Gasteiger partial charge is 0.460 e. The highest BCUT2D eigenvalue weighted by Crippen LogP contribution is 2.44. The molecule has 1 saturated carbocycles. The molecule has 0 amide bonds. The molecule has 1 N–H and O–H groups in total. The summed E-state index contributed by atoms with van der Waals surface area (Å²) < 4.78 is 12.5. The fourth-order valence-corrected chi connectivity index (χ4v) is 6.75. The van der Waals surface area contributed by atoms with Crippen molar-refractivity contribution in [2.24, 2.45) is 11.8 Å². The van der Waals surface area contributed by atoms with E-state index in [4.69, 9.17) is 14.0 Å². The first kappa shape index (κ1) is 31.5. The molecule has 2 fully saturated rings. The van der Waals surface area contributed by atoms with Gasteiger partial charge >= 0.3 is 5.97 Å². The summed E-state index contributed by atoms with van der Waals surface area (Å²) in [5.41, 5.74) is -0.730. The third-order valence-corrected chi connectivity index (χ3v) is 12.7. The Balaban J connectivity index is 2.31. The fourth-order valence-electron chi connectivity index (χ4n) is 5.39. The zero-order valence-corrected chi connectivity index (χ0v) is 26.4. The highest BCUT2D eigenvalue weighted by Gasteiger charge is 2.51. The van der Waals surface area contributed by atoms with Crippen molar-refractivity contribution in [1.82, 2.24) is 5.06 Å². The van der Waals surface area contributed by atoms with Gasteiger partial charge in [0.1, 0.15) is 5.60 Å². The van der Waals surface area contributed by atoms with E-state index in [1.807, 2.05) is 39.8 Å². The van der Waals surface area contributed by atoms with Gasteiger partial charge in [0.05, 0.1) is 24.2 Å². The molecule has 1 aliphatic heterocycles. The lowest BCUT2D eigenvalue weighted by Crippen LogP contribution is -2.59. The number of esters is 1. The van der Waals surface area contributed by atoms with Gasteiger partial charge < -0.3 is 14.3 Å². The Morgan fingerprint density at radius 1 is 1.06 bits per heavy atom. The number of carbonyl (C=O) groups is 1. The number of hydrogen-bond donors (Lipinski definition) is 1. The maximum atomic E-state index is 13.2. The van der Waals surface area contributed by atoms with Crippen LogP contribution in [-0.2, 0) is 18.8 Å². The minimum atomic E-state index is -2.12. The lowest BCUT2D eigenvalue weighted by molar-refractivity contribution is -0.293. The van der Waals surface area contributed by atoms with Crippen molar-refractivity contribution in [2.45, 2.75) is 155 Å². The molecule has 36 heavy (non-hydrogen) atoms. The van der Waals surface area contributed by atoms with E-state index in [1.165, 1.54) is 6.42 Å². The Labute approximate surface area is 222 Å². The normalized spacial score (nSPS) is 30.5. The van der Waals surface area contributed by atoms with Crippen LogP contribution in [-0.4, -0.2) is 59.4 Å². The molecular weight excluding hydrogens is 470 g/mol. The van der Waals surface area contributed by atoms with E-state index in [1.54, 1.807) is 0 Å². The lowest BCUT2D eigenvalue weighted by atomic mass is 9.82. The van der Waals surface area contributed by atoms with Crippen molar-refractivity contribution in [3.8, 4) is 0 Å². The average molecular weight is 526 g/mol. The molecule has 1 saturated heterocycles. The molecule has 2 aliphatic rings. The van der Waals surface area contributed by atoms with Gasteiger partial charge in [0.25, 0.3) is 0 Å². The van der Waals surface area contributed by atoms with E-state index in [0.717, 1.165) is 12.8 Å². The second-order valence-corrected chi connectivity index (χ2v) is 19.6. The molecule has 0 aromatic carbocycles. The highest BCUT2D eigenvalue weighted by molar-refractivity contribution is 6.74. The molecular formula is C29H55NO5Si. The van der Waals surface area contributed by atoms with Gasteiger partial charge in [-0.05, 0) is 99.2 Å². The molecule has 0 aromatic rings. The Morgan fingerprint density at radius 3 is 2.06 bits per heavy atom. The second-order valence-electron chi connectivity index (χ2n) is 14.8. The molecule has 1 aliphatic carbocycles. The summed E-state index contributed by atoms with van der Waals surface area (Å²) in [7, 11) is -2.12. The van der Waals surface area contributed by atoms with Crippen LogP contribution in [0.25, 0.3) is 0 Å². The molecule has 0 radical (unpaired) electrons. The zero-order chi connectivity index (χ0) is 27.9. The van der Waals surface area contributed by atoms with Crippen LogP contribution >= 0.6 is 0 Å². The third-order valence-electron chi connectivity index (χ3n) is 8.22. The topological polar surface area (TPSA) is 68.2 Å². The van der Waals surface area contributed by atoms with E-state index >= 15 is 0 Å². The molecule has 0 aromatic heterocycles. The number of hydrogen-bond acceptors (Lipinski definition) is 6. The Kier molecular flexibility index (Phi) is 9.44. The van der Waals surface area contributed by atoms with E-state index in [0.29, 0.717) is 6.42 Å².